The highest BCUT2D eigenvalue weighted by Crippen LogP contribution is 2.39. The van der Waals surface area contributed by atoms with Gasteiger partial charge < -0.3 is 9.47 Å². The van der Waals surface area contributed by atoms with Crippen LogP contribution in [-0.4, -0.2) is 26.4 Å². The molecule has 18 heavy (non-hydrogen) atoms. The molecule has 2 unspecified atom stereocenters. The van der Waals surface area contributed by atoms with Gasteiger partial charge in [-0.05, 0) is 30.6 Å². The highest BCUT2D eigenvalue weighted by atomic mass is 16.5. The third kappa shape index (κ3) is 6.19. The van der Waals surface area contributed by atoms with Crippen LogP contribution in [0.25, 0.3) is 0 Å². The van der Waals surface area contributed by atoms with Crippen LogP contribution in [0.2, 0.25) is 0 Å². The highest BCUT2D eigenvalue weighted by Gasteiger charge is 2.35. The minimum atomic E-state index is 0.843. The van der Waals surface area contributed by atoms with E-state index >= 15 is 0 Å². The molecular weight excluding hydrogens is 224 g/mol. The SMILES string of the molecule is CC.CC.CC1CC2COCC2C1.CC1COC1. The number of hydrogen-bond acceptors (Lipinski definition) is 2. The van der Waals surface area contributed by atoms with Gasteiger partial charge in [-0.2, -0.15) is 0 Å². The van der Waals surface area contributed by atoms with Crippen molar-refractivity contribution in [3.05, 3.63) is 0 Å². The summed E-state index contributed by atoms with van der Waals surface area (Å²) in [6.45, 7) is 16.6. The van der Waals surface area contributed by atoms with E-state index in [4.69, 9.17) is 9.47 Å². The molecule has 1 saturated carbocycles. The number of hydrogen-bond donors (Lipinski definition) is 0. The van der Waals surface area contributed by atoms with Crippen molar-refractivity contribution < 1.29 is 9.47 Å². The summed E-state index contributed by atoms with van der Waals surface area (Å²) in [7, 11) is 0. The van der Waals surface area contributed by atoms with Crippen molar-refractivity contribution in [1.82, 2.24) is 0 Å². The van der Waals surface area contributed by atoms with Crippen LogP contribution in [0.4, 0.5) is 0 Å². The average molecular weight is 258 g/mol. The van der Waals surface area contributed by atoms with Gasteiger partial charge in [0.15, 0.2) is 0 Å². The van der Waals surface area contributed by atoms with Crippen LogP contribution < -0.4 is 0 Å². The third-order valence-corrected chi connectivity index (χ3v) is 3.55. The Kier molecular flexibility index (Phi) is 10.8. The van der Waals surface area contributed by atoms with Gasteiger partial charge in [0.2, 0.25) is 0 Å². The van der Waals surface area contributed by atoms with E-state index in [9.17, 15) is 0 Å². The summed E-state index contributed by atoms with van der Waals surface area (Å²) in [5.74, 6) is 3.68. The van der Waals surface area contributed by atoms with Gasteiger partial charge >= 0.3 is 0 Å². The zero-order valence-corrected chi connectivity index (χ0v) is 13.4. The number of ether oxygens (including phenoxy) is 2. The fourth-order valence-electron chi connectivity index (χ4n) is 2.65. The largest absolute Gasteiger partial charge is 0.381 e. The Morgan fingerprint density at radius 2 is 0.944 bits per heavy atom. The summed E-state index contributed by atoms with van der Waals surface area (Å²) < 4.78 is 10.2. The average Bonchev–Trinajstić information content (AvgIpc) is 2.92. The van der Waals surface area contributed by atoms with Gasteiger partial charge in [0.05, 0.1) is 13.2 Å². The van der Waals surface area contributed by atoms with Crippen molar-refractivity contribution in [3.63, 3.8) is 0 Å². The van der Waals surface area contributed by atoms with E-state index in [1.54, 1.807) is 0 Å². The molecule has 0 aromatic rings. The van der Waals surface area contributed by atoms with Crippen LogP contribution in [0.1, 0.15) is 54.4 Å². The molecule has 110 valence electrons. The van der Waals surface area contributed by atoms with Gasteiger partial charge in [-0.15, -0.1) is 0 Å². The lowest BCUT2D eigenvalue weighted by atomic mass is 10.0. The van der Waals surface area contributed by atoms with E-state index in [0.29, 0.717) is 0 Å². The summed E-state index contributed by atoms with van der Waals surface area (Å²) in [5, 5.41) is 0. The molecule has 3 rings (SSSR count). The minimum Gasteiger partial charge on any atom is -0.381 e. The Morgan fingerprint density at radius 1 is 0.611 bits per heavy atom. The van der Waals surface area contributed by atoms with Gasteiger partial charge in [-0.1, -0.05) is 41.5 Å². The van der Waals surface area contributed by atoms with Gasteiger partial charge in [-0.3, -0.25) is 0 Å². The Bertz CT molecular complexity index is 166. The molecule has 2 heteroatoms. The molecule has 2 aliphatic heterocycles. The molecular formula is C16H34O2. The second-order valence-electron chi connectivity index (χ2n) is 5.28. The van der Waals surface area contributed by atoms with E-state index in [2.05, 4.69) is 13.8 Å². The molecule has 2 heterocycles. The van der Waals surface area contributed by atoms with Crippen molar-refractivity contribution in [3.8, 4) is 0 Å². The Balaban J connectivity index is 0.000000276. The predicted molar refractivity (Wildman–Crippen MR) is 78.9 cm³/mol. The van der Waals surface area contributed by atoms with Crippen LogP contribution in [0.15, 0.2) is 0 Å². The summed E-state index contributed by atoms with van der Waals surface area (Å²) in [6.07, 6.45) is 2.84. The Labute approximate surface area is 114 Å². The maximum absolute atomic E-state index is 5.36. The van der Waals surface area contributed by atoms with Crippen LogP contribution in [-0.2, 0) is 9.47 Å². The van der Waals surface area contributed by atoms with Crippen molar-refractivity contribution >= 4 is 0 Å². The molecule has 2 atom stereocenters. The van der Waals surface area contributed by atoms with Gasteiger partial charge in [0.25, 0.3) is 0 Å². The van der Waals surface area contributed by atoms with Crippen molar-refractivity contribution in [2.45, 2.75) is 54.4 Å². The van der Waals surface area contributed by atoms with Gasteiger partial charge in [-0.25, -0.2) is 0 Å². The Morgan fingerprint density at radius 3 is 1.22 bits per heavy atom. The fourth-order valence-corrected chi connectivity index (χ4v) is 2.65. The van der Waals surface area contributed by atoms with E-state index < -0.39 is 0 Å². The van der Waals surface area contributed by atoms with E-state index in [-0.39, 0.29) is 0 Å². The third-order valence-electron chi connectivity index (χ3n) is 3.55. The molecule has 0 amide bonds. The smallest absolute Gasteiger partial charge is 0.0513 e. The normalized spacial score (nSPS) is 32.7. The number of fused-ring (bicyclic) bond motifs is 1. The first-order valence-corrected chi connectivity index (χ1v) is 7.91. The van der Waals surface area contributed by atoms with Crippen molar-refractivity contribution in [2.24, 2.45) is 23.7 Å². The monoisotopic (exact) mass is 258 g/mol. The van der Waals surface area contributed by atoms with E-state index in [1.165, 1.54) is 12.8 Å². The standard InChI is InChI=1S/C8H14O.C4H8O.2C2H6/c1-6-2-7-4-9-5-8(7)3-6;1-4-2-5-3-4;2*1-2/h6-8H,2-5H2,1H3;4H,2-3H2,1H3;2*1-2H3. The fraction of sp³-hybridized carbons (Fsp3) is 1.00. The first-order valence-electron chi connectivity index (χ1n) is 7.91. The first-order chi connectivity index (χ1) is 8.75. The lowest BCUT2D eigenvalue weighted by Gasteiger charge is -2.20. The van der Waals surface area contributed by atoms with Gasteiger partial charge in [0, 0.05) is 19.1 Å². The number of rotatable bonds is 0. The zero-order valence-electron chi connectivity index (χ0n) is 13.4. The van der Waals surface area contributed by atoms with Crippen LogP contribution in [0, 0.1) is 23.7 Å². The molecule has 0 N–H and O–H groups in total. The predicted octanol–water partition coefficient (Wildman–Crippen LogP) is 4.38. The molecule has 1 aliphatic carbocycles. The molecule has 3 aliphatic rings. The van der Waals surface area contributed by atoms with E-state index in [1.807, 2.05) is 27.7 Å². The molecule has 3 fully saturated rings. The summed E-state index contributed by atoms with van der Waals surface area (Å²) >= 11 is 0. The molecule has 0 aromatic heterocycles. The molecule has 0 radical (unpaired) electrons. The lowest BCUT2D eigenvalue weighted by molar-refractivity contribution is -0.0221. The second kappa shape index (κ2) is 10.8. The molecule has 0 aromatic carbocycles. The van der Waals surface area contributed by atoms with Gasteiger partial charge in [0.1, 0.15) is 0 Å². The van der Waals surface area contributed by atoms with Crippen molar-refractivity contribution in [1.29, 1.82) is 0 Å². The summed E-state index contributed by atoms with van der Waals surface area (Å²) in [5.41, 5.74) is 0. The molecule has 2 saturated heterocycles. The lowest BCUT2D eigenvalue weighted by Crippen LogP contribution is -2.23. The quantitative estimate of drug-likeness (QED) is 0.642. The highest BCUT2D eigenvalue weighted by molar-refractivity contribution is 4.84. The van der Waals surface area contributed by atoms with Crippen LogP contribution in [0.5, 0.6) is 0 Å². The zero-order chi connectivity index (χ0) is 14.0. The van der Waals surface area contributed by atoms with Crippen molar-refractivity contribution in [2.75, 3.05) is 26.4 Å². The minimum absolute atomic E-state index is 0.843. The molecule has 0 spiro atoms. The van der Waals surface area contributed by atoms with Crippen LogP contribution in [0.3, 0.4) is 0 Å². The maximum Gasteiger partial charge on any atom is 0.0513 e. The van der Waals surface area contributed by atoms with E-state index in [0.717, 1.165) is 50.1 Å². The molecule has 0 bridgehead atoms. The maximum atomic E-state index is 5.36. The first kappa shape index (κ1) is 17.9. The summed E-state index contributed by atoms with van der Waals surface area (Å²) in [6, 6.07) is 0. The second-order valence-corrected chi connectivity index (χ2v) is 5.28. The van der Waals surface area contributed by atoms with Crippen LogP contribution >= 0.6 is 0 Å². The molecule has 2 nitrogen and oxygen atoms in total. The Hall–Kier alpha value is -0.0800. The topological polar surface area (TPSA) is 18.5 Å². The summed E-state index contributed by atoms with van der Waals surface area (Å²) in [4.78, 5) is 0.